The fourth-order valence-corrected chi connectivity index (χ4v) is 3.63. The zero-order chi connectivity index (χ0) is 18.3. The maximum Gasteiger partial charge on any atom is 0.264 e. The minimum Gasteiger partial charge on any atom is -0.282 e. The maximum atomic E-state index is 13.5. The molecule has 0 aliphatic heterocycles. The van der Waals surface area contributed by atoms with Crippen molar-refractivity contribution in [3.8, 4) is 17.1 Å². The minimum absolute atomic E-state index is 0.0180. The van der Waals surface area contributed by atoms with Crippen molar-refractivity contribution in [1.29, 1.82) is 0 Å². The molecule has 1 aromatic heterocycles. The molecule has 0 aliphatic carbocycles. The number of hydrogen-bond donors (Lipinski definition) is 0. The number of nitrogens with zero attached hydrogens (tertiary/aromatic N) is 2. The van der Waals surface area contributed by atoms with Crippen LogP contribution in [-0.4, -0.2) is 9.55 Å². The van der Waals surface area contributed by atoms with Gasteiger partial charge in [0.1, 0.15) is 16.2 Å². The zero-order valence-corrected chi connectivity index (χ0v) is 15.9. The normalized spacial score (nSPS) is 11.4. The summed E-state index contributed by atoms with van der Waals surface area (Å²) < 4.78 is 41.9. The monoisotopic (exact) mass is 468 g/mol. The first-order chi connectivity index (χ1) is 11.8. The van der Waals surface area contributed by atoms with Gasteiger partial charge >= 0.3 is 0 Å². The molecule has 0 bridgehead atoms. The molecule has 1 heterocycles. The molecule has 0 amide bonds. The summed E-state index contributed by atoms with van der Waals surface area (Å²) in [4.78, 5) is 4.14. The second-order valence-corrected chi connectivity index (χ2v) is 6.88. The Bertz CT molecular complexity index is 937. The van der Waals surface area contributed by atoms with Crippen LogP contribution < -0.4 is 0 Å². The number of alkyl halides is 2. The summed E-state index contributed by atoms with van der Waals surface area (Å²) in [6.45, 7) is 0. The highest BCUT2D eigenvalue weighted by atomic mass is 79.9. The largest absolute Gasteiger partial charge is 0.282 e. The standard InChI is InChI=1S/C16H7BrCl3F3N2/c17-13-14(20)24-16(9-4-2-1-3-8(9)15(22)23)25(13)12-10(18)5-7(21)6-11(12)19/h1-6,15H. The van der Waals surface area contributed by atoms with Gasteiger partial charge in [-0.3, -0.25) is 4.57 Å². The molecule has 0 N–H and O–H groups in total. The lowest BCUT2D eigenvalue weighted by atomic mass is 10.1. The van der Waals surface area contributed by atoms with Gasteiger partial charge < -0.3 is 0 Å². The van der Waals surface area contributed by atoms with Gasteiger partial charge in [-0.25, -0.2) is 18.2 Å². The average molecular weight is 471 g/mol. The number of imidazole rings is 1. The van der Waals surface area contributed by atoms with E-state index in [0.717, 1.165) is 12.1 Å². The van der Waals surface area contributed by atoms with Gasteiger partial charge in [0.05, 0.1) is 15.7 Å². The molecule has 0 unspecified atom stereocenters. The van der Waals surface area contributed by atoms with Crippen LogP contribution in [0.5, 0.6) is 0 Å². The van der Waals surface area contributed by atoms with E-state index in [-0.39, 0.29) is 42.4 Å². The Morgan fingerprint density at radius 2 is 1.64 bits per heavy atom. The molecule has 25 heavy (non-hydrogen) atoms. The van der Waals surface area contributed by atoms with E-state index in [2.05, 4.69) is 20.9 Å². The molecular weight excluding hydrogens is 463 g/mol. The van der Waals surface area contributed by atoms with E-state index in [1.165, 1.54) is 22.8 Å². The number of rotatable bonds is 3. The van der Waals surface area contributed by atoms with E-state index >= 15 is 0 Å². The van der Waals surface area contributed by atoms with Crippen LogP contribution in [0.1, 0.15) is 12.0 Å². The molecule has 0 radical (unpaired) electrons. The lowest BCUT2D eigenvalue weighted by Gasteiger charge is -2.15. The molecule has 0 spiro atoms. The van der Waals surface area contributed by atoms with Crippen LogP contribution in [0.25, 0.3) is 17.1 Å². The van der Waals surface area contributed by atoms with Crippen molar-refractivity contribution >= 4 is 50.7 Å². The summed E-state index contributed by atoms with van der Waals surface area (Å²) in [5.74, 6) is -0.529. The number of halogens is 7. The highest BCUT2D eigenvalue weighted by Crippen LogP contribution is 2.40. The molecule has 130 valence electrons. The molecule has 0 saturated heterocycles. The third kappa shape index (κ3) is 3.40. The molecule has 0 saturated carbocycles. The van der Waals surface area contributed by atoms with Gasteiger partial charge in [0, 0.05) is 11.1 Å². The molecule has 3 aromatic rings. The van der Waals surface area contributed by atoms with Crippen LogP contribution in [0.2, 0.25) is 15.2 Å². The van der Waals surface area contributed by atoms with E-state index in [1.807, 2.05) is 0 Å². The first kappa shape index (κ1) is 18.6. The average Bonchev–Trinajstić information content (AvgIpc) is 2.82. The quantitative estimate of drug-likeness (QED) is 0.392. The molecule has 9 heteroatoms. The highest BCUT2D eigenvalue weighted by Gasteiger charge is 2.24. The SMILES string of the molecule is Fc1cc(Cl)c(-n2c(-c3ccccc3C(F)F)nc(Cl)c2Br)c(Cl)c1. The van der Waals surface area contributed by atoms with Crippen molar-refractivity contribution < 1.29 is 13.2 Å². The van der Waals surface area contributed by atoms with E-state index in [4.69, 9.17) is 34.8 Å². The Kier molecular flexibility index (Phi) is 5.34. The summed E-state index contributed by atoms with van der Waals surface area (Å²) >= 11 is 21.6. The third-order valence-corrected chi connectivity index (χ3v) is 5.22. The van der Waals surface area contributed by atoms with Crippen LogP contribution in [0.4, 0.5) is 13.2 Å². The van der Waals surface area contributed by atoms with Crippen LogP contribution in [0.15, 0.2) is 41.0 Å². The van der Waals surface area contributed by atoms with E-state index in [9.17, 15) is 13.2 Å². The Morgan fingerprint density at radius 3 is 2.24 bits per heavy atom. The fraction of sp³-hybridized carbons (Fsp3) is 0.0625. The zero-order valence-electron chi connectivity index (χ0n) is 12.1. The van der Waals surface area contributed by atoms with Crippen LogP contribution in [0, 0.1) is 5.82 Å². The van der Waals surface area contributed by atoms with Gasteiger partial charge in [-0.15, -0.1) is 0 Å². The maximum absolute atomic E-state index is 13.5. The molecule has 0 fully saturated rings. The summed E-state index contributed by atoms with van der Waals surface area (Å²) in [5.41, 5.74) is 0.101. The van der Waals surface area contributed by atoms with Crippen LogP contribution in [-0.2, 0) is 0 Å². The first-order valence-electron chi connectivity index (χ1n) is 6.77. The first-order valence-corrected chi connectivity index (χ1v) is 8.70. The lowest BCUT2D eigenvalue weighted by molar-refractivity contribution is 0.152. The van der Waals surface area contributed by atoms with E-state index in [0.29, 0.717) is 0 Å². The number of benzene rings is 2. The molecule has 0 atom stereocenters. The lowest BCUT2D eigenvalue weighted by Crippen LogP contribution is -2.02. The second kappa shape index (κ2) is 7.19. The minimum atomic E-state index is -2.72. The Hall–Kier alpha value is -1.21. The number of aromatic nitrogens is 2. The van der Waals surface area contributed by atoms with Gasteiger partial charge in [0.25, 0.3) is 6.43 Å². The molecule has 2 aromatic carbocycles. The van der Waals surface area contributed by atoms with Crippen molar-refractivity contribution in [3.63, 3.8) is 0 Å². The predicted octanol–water partition coefficient (Wildman–Crippen LogP) is 7.34. The number of hydrogen-bond acceptors (Lipinski definition) is 1. The third-order valence-electron chi connectivity index (χ3n) is 3.42. The van der Waals surface area contributed by atoms with Gasteiger partial charge in [0.2, 0.25) is 0 Å². The van der Waals surface area contributed by atoms with Crippen molar-refractivity contribution in [2.24, 2.45) is 0 Å². The van der Waals surface area contributed by atoms with E-state index < -0.39 is 12.2 Å². The topological polar surface area (TPSA) is 17.8 Å². The van der Waals surface area contributed by atoms with Gasteiger partial charge in [0.15, 0.2) is 5.15 Å². The second-order valence-electron chi connectivity index (χ2n) is 4.96. The van der Waals surface area contributed by atoms with Crippen LogP contribution in [0.3, 0.4) is 0 Å². The van der Waals surface area contributed by atoms with Gasteiger partial charge in [-0.05, 0) is 28.1 Å². The van der Waals surface area contributed by atoms with Crippen molar-refractivity contribution in [2.45, 2.75) is 6.43 Å². The fourth-order valence-electron chi connectivity index (χ4n) is 2.40. The van der Waals surface area contributed by atoms with E-state index in [1.54, 1.807) is 6.07 Å². The van der Waals surface area contributed by atoms with Crippen LogP contribution >= 0.6 is 50.7 Å². The summed E-state index contributed by atoms with van der Waals surface area (Å²) in [6.07, 6.45) is -2.72. The summed E-state index contributed by atoms with van der Waals surface area (Å²) in [7, 11) is 0. The van der Waals surface area contributed by atoms with Crippen molar-refractivity contribution in [2.75, 3.05) is 0 Å². The van der Waals surface area contributed by atoms with Gasteiger partial charge in [-0.1, -0.05) is 59.1 Å². The molecule has 3 rings (SSSR count). The summed E-state index contributed by atoms with van der Waals surface area (Å²) in [6, 6.07) is 7.98. The highest BCUT2D eigenvalue weighted by molar-refractivity contribution is 9.10. The molecule has 0 aliphatic rings. The summed E-state index contributed by atoms with van der Waals surface area (Å²) in [5, 5.41) is -0.0124. The smallest absolute Gasteiger partial charge is 0.264 e. The molecular formula is C16H7BrCl3F3N2. The van der Waals surface area contributed by atoms with Crippen molar-refractivity contribution in [3.05, 3.63) is 67.6 Å². The van der Waals surface area contributed by atoms with Gasteiger partial charge in [-0.2, -0.15) is 0 Å². The predicted molar refractivity (Wildman–Crippen MR) is 96.6 cm³/mol. The Balaban J connectivity index is 2.36. The Labute approximate surface area is 164 Å². The Morgan fingerprint density at radius 1 is 1.04 bits per heavy atom. The van der Waals surface area contributed by atoms with Crippen molar-refractivity contribution in [1.82, 2.24) is 9.55 Å². The molecule has 2 nitrogen and oxygen atoms in total.